The number of hydrogen-bond donors (Lipinski definition) is 0. The van der Waals surface area contributed by atoms with Crippen LogP contribution < -0.4 is 0 Å². The summed E-state index contributed by atoms with van der Waals surface area (Å²) >= 11 is 1.37. The number of aryl methyl sites for hydroxylation is 1. The molecule has 7 nitrogen and oxygen atoms in total. The highest BCUT2D eigenvalue weighted by atomic mass is 32.2. The van der Waals surface area contributed by atoms with E-state index >= 15 is 0 Å². The molecule has 0 spiro atoms. The predicted octanol–water partition coefficient (Wildman–Crippen LogP) is 5.71. The molecule has 0 bridgehead atoms. The average Bonchev–Trinajstić information content (AvgIpc) is 3.16. The lowest BCUT2D eigenvalue weighted by atomic mass is 9.97. The van der Waals surface area contributed by atoms with Crippen LogP contribution in [0.4, 0.5) is 4.79 Å². The summed E-state index contributed by atoms with van der Waals surface area (Å²) < 4.78 is 37.3. The normalized spacial score (nSPS) is 20.5. The van der Waals surface area contributed by atoms with Gasteiger partial charge >= 0.3 is 12.1 Å². The van der Waals surface area contributed by atoms with Crippen molar-refractivity contribution in [2.75, 3.05) is 18.8 Å². The summed E-state index contributed by atoms with van der Waals surface area (Å²) in [6, 6.07) is 11.7. The molecule has 9 heteroatoms. The number of carbonyl (C=O) groups excluding carboxylic acids is 2. The molecule has 1 aromatic carbocycles. The summed E-state index contributed by atoms with van der Waals surface area (Å²) in [6.07, 6.45) is -0.804. The number of ether oxygens (including phenoxy) is 2. The van der Waals surface area contributed by atoms with E-state index in [1.54, 1.807) is 47.6 Å². The number of benzene rings is 1. The highest BCUT2D eigenvalue weighted by molar-refractivity contribution is 7.92. The molecular formula is C27H37NO6S2. The molecule has 1 aliphatic rings. The van der Waals surface area contributed by atoms with Gasteiger partial charge < -0.3 is 14.4 Å². The fourth-order valence-corrected chi connectivity index (χ4v) is 7.74. The zero-order valence-corrected chi connectivity index (χ0v) is 23.8. The zero-order valence-electron chi connectivity index (χ0n) is 22.2. The van der Waals surface area contributed by atoms with E-state index in [4.69, 9.17) is 9.47 Å². The van der Waals surface area contributed by atoms with Gasteiger partial charge in [-0.1, -0.05) is 29.8 Å². The third-order valence-corrected chi connectivity index (χ3v) is 9.85. The lowest BCUT2D eigenvalue weighted by Gasteiger charge is -2.32. The van der Waals surface area contributed by atoms with E-state index < -0.39 is 37.8 Å². The molecule has 1 saturated heterocycles. The van der Waals surface area contributed by atoms with E-state index in [9.17, 15) is 18.0 Å². The highest BCUT2D eigenvalue weighted by Crippen LogP contribution is 2.45. The van der Waals surface area contributed by atoms with Crippen LogP contribution in [0.5, 0.6) is 0 Å². The number of esters is 1. The van der Waals surface area contributed by atoms with Crippen LogP contribution >= 0.6 is 11.3 Å². The molecule has 1 unspecified atom stereocenters. The van der Waals surface area contributed by atoms with Crippen LogP contribution in [-0.4, -0.2) is 55.4 Å². The Bertz CT molecular complexity index is 1200. The quantitative estimate of drug-likeness (QED) is 0.466. The van der Waals surface area contributed by atoms with E-state index in [0.717, 1.165) is 16.0 Å². The van der Waals surface area contributed by atoms with Gasteiger partial charge in [-0.25, -0.2) is 13.2 Å². The lowest BCUT2D eigenvalue weighted by molar-refractivity contribution is -0.155. The molecule has 1 fully saturated rings. The fourth-order valence-electron chi connectivity index (χ4n) is 4.15. The van der Waals surface area contributed by atoms with Crippen molar-refractivity contribution in [2.45, 2.75) is 77.3 Å². The maximum absolute atomic E-state index is 13.9. The first-order valence-corrected chi connectivity index (χ1v) is 14.6. The number of sulfone groups is 1. The Morgan fingerprint density at radius 3 is 2.14 bits per heavy atom. The summed E-state index contributed by atoms with van der Waals surface area (Å²) in [4.78, 5) is 28.7. The van der Waals surface area contributed by atoms with Gasteiger partial charge in [-0.05, 0) is 72.6 Å². The molecular weight excluding hydrogens is 498 g/mol. The summed E-state index contributed by atoms with van der Waals surface area (Å²) in [5, 5.41) is 0. The van der Waals surface area contributed by atoms with Gasteiger partial charge in [-0.2, -0.15) is 0 Å². The Balaban J connectivity index is 2.03. The second-order valence-corrected chi connectivity index (χ2v) is 14.8. The van der Waals surface area contributed by atoms with Gasteiger partial charge in [0.15, 0.2) is 9.84 Å². The molecule has 0 saturated carbocycles. The van der Waals surface area contributed by atoms with Crippen molar-refractivity contribution in [2.24, 2.45) is 0 Å². The number of thiophene rings is 1. The lowest BCUT2D eigenvalue weighted by Crippen LogP contribution is -2.40. The number of carbonyl (C=O) groups is 2. The zero-order chi connectivity index (χ0) is 26.9. The highest BCUT2D eigenvalue weighted by Gasteiger charge is 2.50. The molecule has 36 heavy (non-hydrogen) atoms. The second-order valence-electron chi connectivity index (χ2n) is 11.3. The number of amides is 1. The number of hydrogen-bond acceptors (Lipinski definition) is 7. The Hall–Kier alpha value is -2.39. The van der Waals surface area contributed by atoms with Gasteiger partial charge in [0.25, 0.3) is 0 Å². The van der Waals surface area contributed by atoms with E-state index in [1.165, 1.54) is 16.2 Å². The summed E-state index contributed by atoms with van der Waals surface area (Å²) in [5.74, 6) is -0.852. The first-order chi connectivity index (χ1) is 16.5. The molecule has 2 heterocycles. The number of nitrogens with zero attached hydrogens (tertiary/aromatic N) is 1. The third-order valence-electron chi connectivity index (χ3n) is 5.90. The first kappa shape index (κ1) is 28.2. The average molecular weight is 536 g/mol. The summed E-state index contributed by atoms with van der Waals surface area (Å²) in [6.45, 7) is 12.7. The molecule has 198 valence electrons. The third kappa shape index (κ3) is 6.68. The van der Waals surface area contributed by atoms with E-state index in [-0.39, 0.29) is 31.7 Å². The van der Waals surface area contributed by atoms with Crippen molar-refractivity contribution in [1.82, 2.24) is 4.90 Å². The molecule has 1 atom stereocenters. The minimum atomic E-state index is -3.85. The molecule has 2 aromatic rings. The smallest absolute Gasteiger partial charge is 0.410 e. The van der Waals surface area contributed by atoms with Crippen molar-refractivity contribution in [3.63, 3.8) is 0 Å². The standard InChI is InChI=1S/C27H37NO6S2/c1-19-8-10-20(11-9-19)21-12-13-22(35-21)27(18-23(29)33-25(2,3)4)14-15-28(16-17-36(27,31)32)24(30)34-26(5,6)7/h8-13H,14-18H2,1-7H3. The van der Waals surface area contributed by atoms with Crippen LogP contribution in [0, 0.1) is 6.92 Å². The fraction of sp³-hybridized carbons (Fsp3) is 0.556. The van der Waals surface area contributed by atoms with Crippen molar-refractivity contribution in [3.05, 3.63) is 46.8 Å². The SMILES string of the molecule is Cc1ccc(-c2ccc(C3(CC(=O)OC(C)(C)C)CCN(C(=O)OC(C)(C)C)CCS3(=O)=O)s2)cc1. The Kier molecular flexibility index (Phi) is 7.96. The van der Waals surface area contributed by atoms with E-state index in [1.807, 2.05) is 37.3 Å². The van der Waals surface area contributed by atoms with Crippen molar-refractivity contribution >= 4 is 33.2 Å². The molecule has 1 aromatic heterocycles. The molecule has 0 radical (unpaired) electrons. The van der Waals surface area contributed by atoms with Gasteiger partial charge in [-0.15, -0.1) is 11.3 Å². The van der Waals surface area contributed by atoms with Gasteiger partial charge in [0.05, 0.1) is 12.2 Å². The topological polar surface area (TPSA) is 90.0 Å². The second kappa shape index (κ2) is 10.2. The van der Waals surface area contributed by atoms with Gasteiger partial charge in [0, 0.05) is 22.8 Å². The maximum atomic E-state index is 13.9. The van der Waals surface area contributed by atoms with Crippen molar-refractivity contribution in [3.8, 4) is 10.4 Å². The monoisotopic (exact) mass is 535 g/mol. The molecule has 1 aliphatic heterocycles. The minimum Gasteiger partial charge on any atom is -0.460 e. The molecule has 0 aliphatic carbocycles. The minimum absolute atomic E-state index is 0.00348. The Morgan fingerprint density at radius 1 is 0.944 bits per heavy atom. The largest absolute Gasteiger partial charge is 0.460 e. The van der Waals surface area contributed by atoms with Crippen LogP contribution in [-0.2, 0) is 28.9 Å². The van der Waals surface area contributed by atoms with Crippen LogP contribution in [0.25, 0.3) is 10.4 Å². The van der Waals surface area contributed by atoms with Crippen molar-refractivity contribution < 1.29 is 27.5 Å². The summed E-state index contributed by atoms with van der Waals surface area (Å²) in [5.41, 5.74) is 0.654. The number of rotatable bonds is 4. The van der Waals surface area contributed by atoms with Crippen LogP contribution in [0.2, 0.25) is 0 Å². The van der Waals surface area contributed by atoms with E-state index in [0.29, 0.717) is 4.88 Å². The van der Waals surface area contributed by atoms with Crippen molar-refractivity contribution in [1.29, 1.82) is 0 Å². The van der Waals surface area contributed by atoms with Gasteiger partial charge in [0.2, 0.25) is 0 Å². The van der Waals surface area contributed by atoms with Crippen LogP contribution in [0.3, 0.4) is 0 Å². The maximum Gasteiger partial charge on any atom is 0.410 e. The summed E-state index contributed by atoms with van der Waals surface area (Å²) in [7, 11) is -3.85. The Morgan fingerprint density at radius 2 is 1.56 bits per heavy atom. The van der Waals surface area contributed by atoms with Gasteiger partial charge in [-0.3, -0.25) is 4.79 Å². The van der Waals surface area contributed by atoms with Crippen LogP contribution in [0.15, 0.2) is 36.4 Å². The van der Waals surface area contributed by atoms with E-state index in [2.05, 4.69) is 0 Å². The van der Waals surface area contributed by atoms with Gasteiger partial charge in [0.1, 0.15) is 15.9 Å². The Labute approximate surface area is 218 Å². The molecule has 3 rings (SSSR count). The molecule has 1 amide bonds. The molecule has 0 N–H and O–H groups in total. The first-order valence-electron chi connectivity index (χ1n) is 12.1. The predicted molar refractivity (Wildman–Crippen MR) is 143 cm³/mol. The van der Waals surface area contributed by atoms with Crippen LogP contribution in [0.1, 0.15) is 64.8 Å².